The molecule has 186 valence electrons. The van der Waals surface area contributed by atoms with E-state index in [1.807, 2.05) is 91.0 Å². The Labute approximate surface area is 214 Å². The van der Waals surface area contributed by atoms with Crippen LogP contribution in [0, 0.1) is 0 Å². The molecule has 4 aromatic rings. The molecule has 0 bridgehead atoms. The fraction of sp³-hybridized carbons (Fsp3) is 0.179. The molecule has 5 rings (SSSR count). The van der Waals surface area contributed by atoms with E-state index in [1.165, 1.54) is 0 Å². The molecule has 0 fully saturated rings. The number of esters is 1. The van der Waals surface area contributed by atoms with Crippen molar-refractivity contribution in [3.8, 4) is 0 Å². The fourth-order valence-corrected chi connectivity index (χ4v) is 4.46. The smallest absolute Gasteiger partial charge is 0.338 e. The SMILES string of the molecule is CC1=C(C(=O)OCc2ccccc2)C(c2ccccc2)N(Cc2nn[nH]n2)C(=O)N1Cc1ccccc1. The van der Waals surface area contributed by atoms with Crippen molar-refractivity contribution in [2.45, 2.75) is 32.7 Å². The Morgan fingerprint density at radius 3 is 2.14 bits per heavy atom. The van der Waals surface area contributed by atoms with Gasteiger partial charge in [0.2, 0.25) is 0 Å². The lowest BCUT2D eigenvalue weighted by atomic mass is 9.92. The molecule has 9 nitrogen and oxygen atoms in total. The Morgan fingerprint density at radius 2 is 1.51 bits per heavy atom. The summed E-state index contributed by atoms with van der Waals surface area (Å²) in [5.74, 6) is -0.149. The van der Waals surface area contributed by atoms with Gasteiger partial charge in [-0.15, -0.1) is 10.2 Å². The summed E-state index contributed by atoms with van der Waals surface area (Å²) in [7, 11) is 0. The molecule has 9 heteroatoms. The quantitative estimate of drug-likeness (QED) is 0.364. The molecule has 0 aliphatic carbocycles. The van der Waals surface area contributed by atoms with Crippen LogP contribution < -0.4 is 0 Å². The van der Waals surface area contributed by atoms with E-state index < -0.39 is 12.0 Å². The maximum atomic E-state index is 14.0. The van der Waals surface area contributed by atoms with E-state index in [0.717, 1.165) is 16.7 Å². The van der Waals surface area contributed by atoms with Crippen molar-refractivity contribution < 1.29 is 14.3 Å². The van der Waals surface area contributed by atoms with Crippen LogP contribution in [0.1, 0.15) is 35.5 Å². The van der Waals surface area contributed by atoms with Gasteiger partial charge >= 0.3 is 12.0 Å². The average molecular weight is 495 g/mol. The second kappa shape index (κ2) is 10.9. The van der Waals surface area contributed by atoms with Crippen LogP contribution in [0.25, 0.3) is 0 Å². The minimum Gasteiger partial charge on any atom is -0.457 e. The van der Waals surface area contributed by atoms with Gasteiger partial charge in [0.1, 0.15) is 6.61 Å². The number of nitrogens with zero attached hydrogens (tertiary/aromatic N) is 5. The molecule has 1 aromatic heterocycles. The van der Waals surface area contributed by atoms with Gasteiger partial charge in [0.05, 0.1) is 24.7 Å². The number of allylic oxidation sites excluding steroid dienone is 1. The van der Waals surface area contributed by atoms with E-state index in [2.05, 4.69) is 20.6 Å². The monoisotopic (exact) mass is 494 g/mol. The zero-order chi connectivity index (χ0) is 25.6. The highest BCUT2D eigenvalue weighted by atomic mass is 16.5. The second-order valence-electron chi connectivity index (χ2n) is 8.68. The number of hydrogen-bond acceptors (Lipinski definition) is 6. The summed E-state index contributed by atoms with van der Waals surface area (Å²) in [5.41, 5.74) is 3.53. The number of nitrogens with one attached hydrogen (secondary N) is 1. The van der Waals surface area contributed by atoms with E-state index in [1.54, 1.807) is 16.7 Å². The largest absolute Gasteiger partial charge is 0.457 e. The van der Waals surface area contributed by atoms with Gasteiger partial charge < -0.3 is 9.64 Å². The lowest BCUT2D eigenvalue weighted by molar-refractivity contribution is -0.141. The van der Waals surface area contributed by atoms with Crippen LogP contribution in [0.15, 0.2) is 102 Å². The zero-order valence-electron chi connectivity index (χ0n) is 20.3. The summed E-state index contributed by atoms with van der Waals surface area (Å²) >= 11 is 0. The highest BCUT2D eigenvalue weighted by molar-refractivity contribution is 5.95. The number of rotatable bonds is 8. The maximum Gasteiger partial charge on any atom is 0.338 e. The molecule has 1 atom stereocenters. The molecule has 0 saturated carbocycles. The van der Waals surface area contributed by atoms with E-state index in [0.29, 0.717) is 23.6 Å². The van der Waals surface area contributed by atoms with Crippen LogP contribution in [0.4, 0.5) is 4.79 Å². The number of ether oxygens (including phenoxy) is 1. The summed E-state index contributed by atoms with van der Waals surface area (Å²) < 4.78 is 5.80. The molecule has 0 spiro atoms. The Bertz CT molecular complexity index is 1380. The van der Waals surface area contributed by atoms with Crippen molar-refractivity contribution in [3.63, 3.8) is 0 Å². The minimum atomic E-state index is -0.692. The van der Waals surface area contributed by atoms with E-state index in [9.17, 15) is 9.59 Å². The number of aromatic amines is 1. The van der Waals surface area contributed by atoms with Crippen molar-refractivity contribution in [2.24, 2.45) is 0 Å². The number of amides is 2. The topological polar surface area (TPSA) is 104 Å². The molecular formula is C28H26N6O3. The van der Waals surface area contributed by atoms with Crippen LogP contribution in [-0.4, -0.2) is 42.4 Å². The number of tetrazole rings is 1. The normalized spacial score (nSPS) is 15.7. The average Bonchev–Trinajstić information content (AvgIpc) is 3.46. The van der Waals surface area contributed by atoms with Crippen LogP contribution >= 0.6 is 0 Å². The highest BCUT2D eigenvalue weighted by Crippen LogP contribution is 2.39. The van der Waals surface area contributed by atoms with Crippen molar-refractivity contribution in [1.29, 1.82) is 0 Å². The van der Waals surface area contributed by atoms with Gasteiger partial charge in [-0.25, -0.2) is 9.59 Å². The molecule has 0 radical (unpaired) electrons. The molecule has 3 aromatic carbocycles. The molecule has 2 heterocycles. The standard InChI is InChI=1S/C28H26N6O3/c1-20-25(27(35)37-19-22-13-7-3-8-14-22)26(23-15-9-4-10-16-23)34(18-24-29-31-32-30-24)28(36)33(20)17-21-11-5-2-6-12-21/h2-16,26H,17-19H2,1H3,(H,29,30,31,32). The fourth-order valence-electron chi connectivity index (χ4n) is 4.46. The summed E-state index contributed by atoms with van der Waals surface area (Å²) in [6, 6.07) is 27.6. The number of carbonyl (C=O) groups excluding carboxylic acids is 2. The maximum absolute atomic E-state index is 14.0. The van der Waals surface area contributed by atoms with Crippen molar-refractivity contribution >= 4 is 12.0 Å². The predicted molar refractivity (Wildman–Crippen MR) is 135 cm³/mol. The summed E-state index contributed by atoms with van der Waals surface area (Å²) in [5, 5.41) is 14.2. The lowest BCUT2D eigenvalue weighted by Gasteiger charge is -2.42. The first-order valence-electron chi connectivity index (χ1n) is 11.9. The minimum absolute atomic E-state index is 0.0585. The molecular weight excluding hydrogens is 468 g/mol. The van der Waals surface area contributed by atoms with Crippen molar-refractivity contribution in [3.05, 3.63) is 125 Å². The van der Waals surface area contributed by atoms with Crippen LogP contribution in [-0.2, 0) is 29.2 Å². The number of carbonyl (C=O) groups is 2. The zero-order valence-corrected chi connectivity index (χ0v) is 20.3. The number of hydrogen-bond donors (Lipinski definition) is 1. The van der Waals surface area contributed by atoms with Crippen molar-refractivity contribution in [2.75, 3.05) is 0 Å². The van der Waals surface area contributed by atoms with Crippen molar-refractivity contribution in [1.82, 2.24) is 30.4 Å². The molecule has 1 N–H and O–H groups in total. The third kappa shape index (κ3) is 5.25. The predicted octanol–water partition coefficient (Wildman–Crippen LogP) is 4.40. The van der Waals surface area contributed by atoms with Gasteiger partial charge in [0, 0.05) is 5.70 Å². The molecule has 1 aliphatic rings. The highest BCUT2D eigenvalue weighted by Gasteiger charge is 2.42. The van der Waals surface area contributed by atoms with E-state index >= 15 is 0 Å². The number of aromatic nitrogens is 4. The summed E-state index contributed by atoms with van der Waals surface area (Å²) in [4.78, 5) is 30.9. The Balaban J connectivity index is 1.58. The number of H-pyrrole nitrogens is 1. The first-order chi connectivity index (χ1) is 18.1. The first-order valence-corrected chi connectivity index (χ1v) is 11.9. The first kappa shape index (κ1) is 23.9. The van der Waals surface area contributed by atoms with E-state index in [-0.39, 0.29) is 19.2 Å². The Hall–Kier alpha value is -4.79. The Kier molecular flexibility index (Phi) is 7.02. The molecule has 1 aliphatic heterocycles. The van der Waals surface area contributed by atoms with Gasteiger partial charge in [-0.05, 0) is 23.6 Å². The van der Waals surface area contributed by atoms with Gasteiger partial charge in [-0.1, -0.05) is 96.2 Å². The van der Waals surface area contributed by atoms with E-state index in [4.69, 9.17) is 4.74 Å². The van der Waals surface area contributed by atoms with Crippen LogP contribution in [0.3, 0.4) is 0 Å². The Morgan fingerprint density at radius 1 is 0.892 bits per heavy atom. The van der Waals surface area contributed by atoms with Gasteiger partial charge in [-0.2, -0.15) is 5.21 Å². The number of benzene rings is 3. The molecule has 37 heavy (non-hydrogen) atoms. The third-order valence-electron chi connectivity index (χ3n) is 6.29. The molecule has 0 saturated heterocycles. The van der Waals surface area contributed by atoms with Gasteiger partial charge in [0.25, 0.3) is 0 Å². The summed E-state index contributed by atoms with van der Waals surface area (Å²) in [6.07, 6.45) is 0. The van der Waals surface area contributed by atoms with Crippen LogP contribution in [0.2, 0.25) is 0 Å². The lowest BCUT2D eigenvalue weighted by Crippen LogP contribution is -2.50. The van der Waals surface area contributed by atoms with Gasteiger partial charge in [0.15, 0.2) is 5.82 Å². The number of urea groups is 1. The third-order valence-corrected chi connectivity index (χ3v) is 6.29. The molecule has 1 unspecified atom stereocenters. The second-order valence-corrected chi connectivity index (χ2v) is 8.68. The van der Waals surface area contributed by atoms with Crippen LogP contribution in [0.5, 0.6) is 0 Å². The van der Waals surface area contributed by atoms with Gasteiger partial charge in [-0.3, -0.25) is 4.90 Å². The summed E-state index contributed by atoms with van der Waals surface area (Å²) in [6.45, 7) is 2.27. The molecule has 2 amide bonds.